The van der Waals surface area contributed by atoms with Crippen molar-refractivity contribution in [1.82, 2.24) is 5.32 Å². The summed E-state index contributed by atoms with van der Waals surface area (Å²) in [6, 6.07) is 7.59. The predicted octanol–water partition coefficient (Wildman–Crippen LogP) is 2.71. The van der Waals surface area contributed by atoms with Crippen LogP contribution in [-0.2, 0) is 0 Å². The summed E-state index contributed by atoms with van der Waals surface area (Å²) in [5.74, 6) is 0. The summed E-state index contributed by atoms with van der Waals surface area (Å²) in [4.78, 5) is 0. The Kier molecular flexibility index (Phi) is 4.82. The van der Waals surface area contributed by atoms with E-state index in [1.807, 2.05) is 24.3 Å². The largest absolute Gasteiger partial charge is 0.360 e. The summed E-state index contributed by atoms with van der Waals surface area (Å²) in [5.41, 5.74) is 0.871. The van der Waals surface area contributed by atoms with Crippen LogP contribution in [0.5, 0.6) is 0 Å². The van der Waals surface area contributed by atoms with Gasteiger partial charge in [0.05, 0.1) is 0 Å². The third kappa shape index (κ3) is 4.02. The van der Waals surface area contributed by atoms with Crippen molar-refractivity contribution in [3.63, 3.8) is 0 Å². The second kappa shape index (κ2) is 5.93. The first kappa shape index (κ1) is 11.4. The molecular weight excluding hydrogens is 267 g/mol. The zero-order valence-corrected chi connectivity index (χ0v) is 9.79. The highest BCUT2D eigenvalue weighted by Crippen LogP contribution is 2.15. The molecule has 0 bridgehead atoms. The average Bonchev–Trinajstić information content (AvgIpc) is 2.15. The van der Waals surface area contributed by atoms with Gasteiger partial charge >= 0.3 is 0 Å². The highest BCUT2D eigenvalue weighted by molar-refractivity contribution is 9.10. The Balaban J connectivity index is 2.47. The van der Waals surface area contributed by atoms with Gasteiger partial charge in [-0.05, 0) is 30.4 Å². The molecule has 1 rings (SSSR count). The summed E-state index contributed by atoms with van der Waals surface area (Å²) in [5, 5.41) is 6.10. The molecule has 0 aliphatic rings. The molecule has 0 saturated heterocycles. The van der Waals surface area contributed by atoms with Crippen LogP contribution in [0.1, 0.15) is 0 Å². The molecule has 0 aliphatic carbocycles. The number of nitrogens with one attached hydrogen (secondary N) is 2. The molecule has 2 N–H and O–H groups in total. The molecule has 0 saturated carbocycles. The second-order valence-corrected chi connectivity index (χ2v) is 3.90. The smallest absolute Gasteiger partial charge is 0.170 e. The van der Waals surface area contributed by atoms with Gasteiger partial charge in [-0.15, -0.1) is 0 Å². The van der Waals surface area contributed by atoms with Crippen molar-refractivity contribution in [2.45, 2.75) is 0 Å². The lowest BCUT2D eigenvalue weighted by Crippen LogP contribution is -2.29. The summed E-state index contributed by atoms with van der Waals surface area (Å²) in [6.07, 6.45) is 0. The lowest BCUT2D eigenvalue weighted by atomic mass is 10.3. The Bertz CT molecular complexity index is 319. The van der Waals surface area contributed by atoms with Gasteiger partial charge in [0.25, 0.3) is 0 Å². The Morgan fingerprint density at radius 2 is 2.29 bits per heavy atom. The number of anilines is 1. The fourth-order valence-corrected chi connectivity index (χ4v) is 1.52. The SMILES string of the molecule is FCCNC(=S)Nc1cccc(Br)c1. The van der Waals surface area contributed by atoms with Gasteiger partial charge in [0.2, 0.25) is 0 Å². The highest BCUT2D eigenvalue weighted by atomic mass is 79.9. The Hall–Kier alpha value is -0.680. The minimum atomic E-state index is -0.430. The number of hydrogen-bond acceptors (Lipinski definition) is 1. The van der Waals surface area contributed by atoms with Gasteiger partial charge < -0.3 is 10.6 Å². The van der Waals surface area contributed by atoms with Crippen LogP contribution in [0.4, 0.5) is 10.1 Å². The molecule has 0 amide bonds. The molecule has 0 heterocycles. The van der Waals surface area contributed by atoms with Crippen molar-refractivity contribution in [1.29, 1.82) is 0 Å². The van der Waals surface area contributed by atoms with Crippen LogP contribution in [0.25, 0.3) is 0 Å². The van der Waals surface area contributed by atoms with Crippen molar-refractivity contribution in [3.05, 3.63) is 28.7 Å². The van der Waals surface area contributed by atoms with Crippen LogP contribution in [0.3, 0.4) is 0 Å². The lowest BCUT2D eigenvalue weighted by molar-refractivity contribution is 0.492. The number of rotatable bonds is 3. The first-order valence-corrected chi connectivity index (χ1v) is 5.29. The van der Waals surface area contributed by atoms with Gasteiger partial charge in [-0.1, -0.05) is 22.0 Å². The second-order valence-electron chi connectivity index (χ2n) is 2.58. The molecule has 14 heavy (non-hydrogen) atoms. The van der Waals surface area contributed by atoms with Gasteiger partial charge in [-0.2, -0.15) is 0 Å². The first-order chi connectivity index (χ1) is 6.72. The molecule has 0 radical (unpaired) electrons. The number of halogens is 2. The van der Waals surface area contributed by atoms with E-state index in [1.54, 1.807) is 0 Å². The van der Waals surface area contributed by atoms with Gasteiger partial charge in [0.15, 0.2) is 5.11 Å². The zero-order valence-electron chi connectivity index (χ0n) is 7.39. The molecule has 5 heteroatoms. The molecule has 2 nitrogen and oxygen atoms in total. The third-order valence-electron chi connectivity index (χ3n) is 1.46. The lowest BCUT2D eigenvalue weighted by Gasteiger charge is -2.08. The molecule has 0 aliphatic heterocycles. The number of thiocarbonyl (C=S) groups is 1. The van der Waals surface area contributed by atoms with Crippen LogP contribution in [0, 0.1) is 0 Å². The Labute approximate surface area is 96.0 Å². The molecule has 0 atom stereocenters. The molecule has 1 aromatic carbocycles. The highest BCUT2D eigenvalue weighted by Gasteiger charge is 1.96. The molecule has 0 unspecified atom stereocenters. The zero-order chi connectivity index (χ0) is 10.4. The predicted molar refractivity (Wildman–Crippen MR) is 64.3 cm³/mol. The molecule has 76 valence electrons. The van der Waals surface area contributed by atoms with E-state index in [2.05, 4.69) is 26.6 Å². The summed E-state index contributed by atoms with van der Waals surface area (Å²) >= 11 is 8.28. The van der Waals surface area contributed by atoms with Crippen molar-refractivity contribution in [2.24, 2.45) is 0 Å². The van der Waals surface area contributed by atoms with E-state index in [1.165, 1.54) is 0 Å². The standard InChI is InChI=1S/C9H10BrFN2S/c10-7-2-1-3-8(6-7)13-9(14)12-5-4-11/h1-3,6H,4-5H2,(H2,12,13,14). The van der Waals surface area contributed by atoms with E-state index in [4.69, 9.17) is 12.2 Å². The van der Waals surface area contributed by atoms with Crippen LogP contribution >= 0.6 is 28.1 Å². The summed E-state index contributed by atoms with van der Waals surface area (Å²) in [7, 11) is 0. The average molecular weight is 277 g/mol. The topological polar surface area (TPSA) is 24.1 Å². The van der Waals surface area contributed by atoms with Crippen molar-refractivity contribution in [3.8, 4) is 0 Å². The van der Waals surface area contributed by atoms with E-state index in [9.17, 15) is 4.39 Å². The fourth-order valence-electron chi connectivity index (χ4n) is 0.902. The number of benzene rings is 1. The number of alkyl halides is 1. The molecule has 0 fully saturated rings. The number of hydrogen-bond donors (Lipinski definition) is 2. The molecular formula is C9H10BrFN2S. The van der Waals surface area contributed by atoms with E-state index >= 15 is 0 Å². The van der Waals surface area contributed by atoms with E-state index < -0.39 is 6.67 Å². The third-order valence-corrected chi connectivity index (χ3v) is 2.20. The first-order valence-electron chi connectivity index (χ1n) is 4.09. The van der Waals surface area contributed by atoms with Crippen LogP contribution in [0.15, 0.2) is 28.7 Å². The Morgan fingerprint density at radius 1 is 1.50 bits per heavy atom. The van der Waals surface area contributed by atoms with E-state index in [-0.39, 0.29) is 6.54 Å². The van der Waals surface area contributed by atoms with Gasteiger partial charge in [-0.3, -0.25) is 0 Å². The monoisotopic (exact) mass is 276 g/mol. The van der Waals surface area contributed by atoms with E-state index in [0.29, 0.717) is 5.11 Å². The minimum Gasteiger partial charge on any atom is -0.360 e. The quantitative estimate of drug-likeness (QED) is 0.831. The maximum Gasteiger partial charge on any atom is 0.170 e. The van der Waals surface area contributed by atoms with Crippen LogP contribution in [-0.4, -0.2) is 18.3 Å². The van der Waals surface area contributed by atoms with E-state index in [0.717, 1.165) is 10.2 Å². The molecule has 1 aromatic rings. The normalized spacial score (nSPS) is 9.57. The van der Waals surface area contributed by atoms with Crippen LogP contribution in [0.2, 0.25) is 0 Å². The van der Waals surface area contributed by atoms with Gasteiger partial charge in [-0.25, -0.2) is 4.39 Å². The maximum atomic E-state index is 11.8. The Morgan fingerprint density at radius 3 is 2.93 bits per heavy atom. The van der Waals surface area contributed by atoms with Crippen molar-refractivity contribution in [2.75, 3.05) is 18.5 Å². The van der Waals surface area contributed by atoms with Crippen molar-refractivity contribution >= 4 is 38.9 Å². The summed E-state index contributed by atoms with van der Waals surface area (Å²) < 4.78 is 12.8. The van der Waals surface area contributed by atoms with Crippen LogP contribution < -0.4 is 10.6 Å². The fraction of sp³-hybridized carbons (Fsp3) is 0.222. The molecule has 0 spiro atoms. The minimum absolute atomic E-state index is 0.236. The summed E-state index contributed by atoms with van der Waals surface area (Å²) in [6.45, 7) is -0.194. The molecule has 0 aromatic heterocycles. The van der Waals surface area contributed by atoms with Crippen molar-refractivity contribution < 1.29 is 4.39 Å². The van der Waals surface area contributed by atoms with Gasteiger partial charge in [0.1, 0.15) is 6.67 Å². The van der Waals surface area contributed by atoms with Gasteiger partial charge in [0, 0.05) is 16.7 Å². The maximum absolute atomic E-state index is 11.8.